The average Bonchev–Trinajstić information content (AvgIpc) is 2.39. The molecule has 1 aromatic rings. The summed E-state index contributed by atoms with van der Waals surface area (Å²) in [6.07, 6.45) is 0. The van der Waals surface area contributed by atoms with Crippen molar-refractivity contribution in [2.45, 2.75) is 0 Å². The van der Waals surface area contributed by atoms with Crippen molar-refractivity contribution in [3.63, 3.8) is 0 Å². The molecule has 0 heterocycles. The van der Waals surface area contributed by atoms with Gasteiger partial charge in [-0.25, -0.2) is 4.39 Å². The van der Waals surface area contributed by atoms with E-state index < -0.39 is 0 Å². The predicted octanol–water partition coefficient (Wildman–Crippen LogP) is 1.05. The maximum absolute atomic E-state index is 13.4. The lowest BCUT2D eigenvalue weighted by Gasteiger charge is -2.15. The Balaban J connectivity index is 2.26. The van der Waals surface area contributed by atoms with E-state index in [1.54, 1.807) is 18.2 Å². The monoisotopic (exact) mass is 315 g/mol. The van der Waals surface area contributed by atoms with E-state index in [0.29, 0.717) is 17.3 Å². The van der Waals surface area contributed by atoms with E-state index in [4.69, 9.17) is 24.4 Å². The molecule has 0 aliphatic carbocycles. The van der Waals surface area contributed by atoms with E-state index in [9.17, 15) is 4.39 Å². The van der Waals surface area contributed by atoms with Crippen molar-refractivity contribution in [3.8, 4) is 0 Å². The summed E-state index contributed by atoms with van der Waals surface area (Å²) in [7, 11) is 3.95. The highest BCUT2D eigenvalue weighted by atomic mass is 32.1. The molecule has 0 amide bonds. The van der Waals surface area contributed by atoms with Crippen molar-refractivity contribution in [1.82, 2.24) is 21.1 Å². The van der Waals surface area contributed by atoms with E-state index in [-0.39, 0.29) is 10.9 Å². The number of hydrazine groups is 1. The number of rotatable bonds is 4. The molecule has 0 saturated heterocycles. The van der Waals surface area contributed by atoms with Gasteiger partial charge in [-0.2, -0.15) is 0 Å². The van der Waals surface area contributed by atoms with Crippen molar-refractivity contribution < 1.29 is 4.39 Å². The van der Waals surface area contributed by atoms with Gasteiger partial charge in [-0.05, 0) is 50.7 Å². The minimum Gasteiger partial charge on any atom is -0.360 e. The standard InChI is InChI=1S/C12H18FN5S2/c1-18(2)8-7-14-11(19)16-17-12(20)15-10-6-4-3-5-9(10)13/h3-6H,7-8H2,1-2H3,(H2,14,16,19)(H2,15,17,20). The molecule has 0 spiro atoms. The zero-order chi connectivity index (χ0) is 15.0. The van der Waals surface area contributed by atoms with Gasteiger partial charge >= 0.3 is 0 Å². The second-order valence-electron chi connectivity index (χ2n) is 4.24. The molecule has 0 atom stereocenters. The Morgan fingerprint density at radius 3 is 2.45 bits per heavy atom. The molecule has 0 aliphatic rings. The summed E-state index contributed by atoms with van der Waals surface area (Å²) >= 11 is 10.1. The van der Waals surface area contributed by atoms with Crippen LogP contribution in [0.25, 0.3) is 0 Å². The fourth-order valence-corrected chi connectivity index (χ4v) is 1.58. The molecule has 0 aliphatic heterocycles. The first-order chi connectivity index (χ1) is 9.49. The number of nitrogens with one attached hydrogen (secondary N) is 4. The average molecular weight is 315 g/mol. The van der Waals surface area contributed by atoms with Crippen LogP contribution in [0.2, 0.25) is 0 Å². The predicted molar refractivity (Wildman–Crippen MR) is 88.0 cm³/mol. The molecular formula is C12H18FN5S2. The van der Waals surface area contributed by atoms with Crippen molar-refractivity contribution in [1.29, 1.82) is 0 Å². The van der Waals surface area contributed by atoms with Gasteiger partial charge in [-0.15, -0.1) is 0 Å². The normalized spacial score (nSPS) is 10.0. The summed E-state index contributed by atoms with van der Waals surface area (Å²) in [6, 6.07) is 6.27. The maximum atomic E-state index is 13.4. The molecule has 110 valence electrons. The van der Waals surface area contributed by atoms with E-state index >= 15 is 0 Å². The number of nitrogens with zero attached hydrogens (tertiary/aromatic N) is 1. The van der Waals surface area contributed by atoms with Gasteiger partial charge in [0, 0.05) is 13.1 Å². The second kappa shape index (κ2) is 8.62. The van der Waals surface area contributed by atoms with Crippen LogP contribution in [0.1, 0.15) is 0 Å². The molecule has 8 heteroatoms. The van der Waals surface area contributed by atoms with Gasteiger partial charge in [0.25, 0.3) is 0 Å². The Kier molecular flexibility index (Phi) is 7.13. The summed E-state index contributed by atoms with van der Waals surface area (Å²) in [5.74, 6) is -0.372. The summed E-state index contributed by atoms with van der Waals surface area (Å²) in [4.78, 5) is 2.04. The maximum Gasteiger partial charge on any atom is 0.189 e. The van der Waals surface area contributed by atoms with Crippen LogP contribution in [0.3, 0.4) is 0 Å². The fourth-order valence-electron chi connectivity index (χ4n) is 1.27. The van der Waals surface area contributed by atoms with Crippen LogP contribution in [0.15, 0.2) is 24.3 Å². The molecule has 0 unspecified atom stereocenters. The van der Waals surface area contributed by atoms with Gasteiger partial charge in [-0.1, -0.05) is 12.1 Å². The number of likely N-dealkylation sites (N-methyl/N-ethyl adjacent to an activating group) is 1. The van der Waals surface area contributed by atoms with E-state index in [1.165, 1.54) is 6.07 Å². The van der Waals surface area contributed by atoms with Crippen LogP contribution in [0.4, 0.5) is 10.1 Å². The molecule has 1 rings (SSSR count). The zero-order valence-corrected chi connectivity index (χ0v) is 13.0. The van der Waals surface area contributed by atoms with Crippen molar-refractivity contribution in [2.75, 3.05) is 32.5 Å². The van der Waals surface area contributed by atoms with Gasteiger partial charge < -0.3 is 15.5 Å². The molecular weight excluding hydrogens is 297 g/mol. The topological polar surface area (TPSA) is 51.4 Å². The smallest absolute Gasteiger partial charge is 0.189 e. The third-order valence-corrected chi connectivity index (χ3v) is 2.71. The molecule has 0 bridgehead atoms. The number of halogens is 1. The molecule has 0 saturated carbocycles. The first-order valence-corrected chi connectivity index (χ1v) is 6.81. The number of hydrogen-bond acceptors (Lipinski definition) is 3. The highest BCUT2D eigenvalue weighted by molar-refractivity contribution is 7.80. The van der Waals surface area contributed by atoms with Crippen LogP contribution in [-0.4, -0.2) is 42.3 Å². The van der Waals surface area contributed by atoms with Crippen molar-refractivity contribution in [3.05, 3.63) is 30.1 Å². The Labute approximate surface area is 128 Å². The lowest BCUT2D eigenvalue weighted by molar-refractivity contribution is 0.412. The van der Waals surface area contributed by atoms with Gasteiger partial charge in [-0.3, -0.25) is 10.9 Å². The first kappa shape index (κ1) is 16.5. The molecule has 5 nitrogen and oxygen atoms in total. The van der Waals surface area contributed by atoms with Crippen LogP contribution in [0, 0.1) is 5.82 Å². The lowest BCUT2D eigenvalue weighted by Crippen LogP contribution is -2.49. The fraction of sp³-hybridized carbons (Fsp3) is 0.333. The minimum atomic E-state index is -0.372. The Bertz CT molecular complexity index is 467. The Hall–Kier alpha value is -1.51. The number of thiocarbonyl (C=S) groups is 2. The largest absolute Gasteiger partial charge is 0.360 e. The van der Waals surface area contributed by atoms with Crippen LogP contribution < -0.4 is 21.5 Å². The van der Waals surface area contributed by atoms with Gasteiger partial charge in [0.2, 0.25) is 0 Å². The second-order valence-corrected chi connectivity index (χ2v) is 5.06. The zero-order valence-electron chi connectivity index (χ0n) is 11.4. The molecule has 0 aromatic heterocycles. The van der Waals surface area contributed by atoms with Crippen LogP contribution in [0.5, 0.6) is 0 Å². The SMILES string of the molecule is CN(C)CCNC(=S)NNC(=S)Nc1ccccc1F. The highest BCUT2D eigenvalue weighted by Crippen LogP contribution is 2.11. The minimum absolute atomic E-state index is 0.229. The van der Waals surface area contributed by atoms with E-state index in [0.717, 1.165) is 6.54 Å². The number of para-hydroxylation sites is 1. The highest BCUT2D eigenvalue weighted by Gasteiger charge is 2.03. The van der Waals surface area contributed by atoms with Crippen LogP contribution >= 0.6 is 24.4 Å². The number of hydrogen-bond donors (Lipinski definition) is 4. The number of benzene rings is 1. The third kappa shape index (κ3) is 6.60. The molecule has 0 fully saturated rings. The summed E-state index contributed by atoms with van der Waals surface area (Å²) in [5.41, 5.74) is 5.71. The molecule has 4 N–H and O–H groups in total. The summed E-state index contributed by atoms with van der Waals surface area (Å²) in [5, 5.41) is 6.38. The van der Waals surface area contributed by atoms with Gasteiger partial charge in [0.15, 0.2) is 10.2 Å². The number of anilines is 1. The van der Waals surface area contributed by atoms with Crippen molar-refractivity contribution >= 4 is 40.3 Å². The Morgan fingerprint density at radius 1 is 1.15 bits per heavy atom. The van der Waals surface area contributed by atoms with Crippen LogP contribution in [-0.2, 0) is 0 Å². The lowest BCUT2D eigenvalue weighted by atomic mass is 10.3. The van der Waals surface area contributed by atoms with E-state index in [1.807, 2.05) is 19.0 Å². The Morgan fingerprint density at radius 2 is 1.80 bits per heavy atom. The first-order valence-electron chi connectivity index (χ1n) is 5.99. The third-order valence-electron chi connectivity index (χ3n) is 2.26. The molecule has 0 radical (unpaired) electrons. The summed E-state index contributed by atoms with van der Waals surface area (Å²) in [6.45, 7) is 1.58. The van der Waals surface area contributed by atoms with Crippen molar-refractivity contribution in [2.24, 2.45) is 0 Å². The van der Waals surface area contributed by atoms with E-state index in [2.05, 4.69) is 21.5 Å². The quantitative estimate of drug-likeness (QED) is 0.489. The van der Waals surface area contributed by atoms with Gasteiger partial charge in [0.05, 0.1) is 5.69 Å². The summed E-state index contributed by atoms with van der Waals surface area (Å²) < 4.78 is 13.4. The molecule has 20 heavy (non-hydrogen) atoms. The molecule has 1 aromatic carbocycles. The van der Waals surface area contributed by atoms with Gasteiger partial charge in [0.1, 0.15) is 5.82 Å².